The lowest BCUT2D eigenvalue weighted by molar-refractivity contribution is 0.0552. The minimum atomic E-state index is 0.676. The predicted octanol–water partition coefficient (Wildman–Crippen LogP) is 4.48. The maximum absolute atomic E-state index is 3.81. The van der Waals surface area contributed by atoms with Gasteiger partial charge in [-0.05, 0) is 67.7 Å². The van der Waals surface area contributed by atoms with Crippen LogP contribution < -0.4 is 5.32 Å². The number of unbranched alkanes of at least 4 members (excludes halogenated alkanes) is 3. The summed E-state index contributed by atoms with van der Waals surface area (Å²) in [6, 6.07) is 8.88. The van der Waals surface area contributed by atoms with Crippen molar-refractivity contribution in [3.63, 3.8) is 0 Å². The maximum atomic E-state index is 3.81. The normalized spacial score (nSPS) is 29.6. The summed E-state index contributed by atoms with van der Waals surface area (Å²) in [7, 11) is 0. The number of hydrogen-bond acceptors (Lipinski definition) is 2. The standard InChI is InChI=1S/C22H34N2/c1-2-3-4-5-7-17-9-10-20-18(14-17)11-13-24-16-19-8-6-12-23-21(19)15-22(20)24/h9-10,14,19,21-23H,2-8,11-13,15-16H2,1H3/t19-,21+,22+/m1/s1. The van der Waals surface area contributed by atoms with Crippen molar-refractivity contribution < 1.29 is 0 Å². The van der Waals surface area contributed by atoms with Crippen LogP contribution in [0.1, 0.15) is 74.6 Å². The molecule has 3 heterocycles. The van der Waals surface area contributed by atoms with Crippen LogP contribution in [0.15, 0.2) is 18.2 Å². The van der Waals surface area contributed by atoms with E-state index < -0.39 is 0 Å². The second kappa shape index (κ2) is 7.58. The van der Waals surface area contributed by atoms with Crippen molar-refractivity contribution in [2.24, 2.45) is 5.92 Å². The van der Waals surface area contributed by atoms with E-state index in [1.807, 2.05) is 0 Å². The van der Waals surface area contributed by atoms with E-state index in [4.69, 9.17) is 0 Å². The van der Waals surface area contributed by atoms with Crippen molar-refractivity contribution in [3.8, 4) is 0 Å². The molecule has 0 amide bonds. The van der Waals surface area contributed by atoms with Crippen LogP contribution in [0.2, 0.25) is 0 Å². The van der Waals surface area contributed by atoms with Crippen LogP contribution in [0.3, 0.4) is 0 Å². The van der Waals surface area contributed by atoms with E-state index in [9.17, 15) is 0 Å². The first kappa shape index (κ1) is 16.6. The van der Waals surface area contributed by atoms with Gasteiger partial charge >= 0.3 is 0 Å². The molecule has 1 aromatic carbocycles. The zero-order valence-electron chi connectivity index (χ0n) is 15.4. The van der Waals surface area contributed by atoms with E-state index in [1.54, 1.807) is 16.7 Å². The summed E-state index contributed by atoms with van der Waals surface area (Å²) in [5.74, 6) is 0.898. The molecule has 2 fully saturated rings. The number of hydrogen-bond donors (Lipinski definition) is 1. The van der Waals surface area contributed by atoms with Crippen molar-refractivity contribution in [2.75, 3.05) is 19.6 Å². The number of nitrogens with zero attached hydrogens (tertiary/aromatic N) is 1. The highest BCUT2D eigenvalue weighted by Crippen LogP contribution is 2.40. The second-order valence-corrected chi connectivity index (χ2v) is 8.30. The van der Waals surface area contributed by atoms with Crippen molar-refractivity contribution >= 4 is 0 Å². The van der Waals surface area contributed by atoms with Crippen molar-refractivity contribution in [3.05, 3.63) is 34.9 Å². The van der Waals surface area contributed by atoms with Crippen LogP contribution in [-0.2, 0) is 12.8 Å². The number of nitrogens with one attached hydrogen (secondary N) is 1. The average Bonchev–Trinajstić information content (AvgIpc) is 2.63. The van der Waals surface area contributed by atoms with Crippen molar-refractivity contribution in [1.82, 2.24) is 10.2 Å². The van der Waals surface area contributed by atoms with Crippen LogP contribution in [0.25, 0.3) is 0 Å². The Morgan fingerprint density at radius 3 is 3.08 bits per heavy atom. The largest absolute Gasteiger partial charge is 0.314 e. The number of benzene rings is 1. The van der Waals surface area contributed by atoms with Gasteiger partial charge in [0, 0.05) is 25.2 Å². The summed E-state index contributed by atoms with van der Waals surface area (Å²) in [6.45, 7) is 6.12. The fraction of sp³-hybridized carbons (Fsp3) is 0.727. The highest BCUT2D eigenvalue weighted by atomic mass is 15.2. The van der Waals surface area contributed by atoms with Gasteiger partial charge in [0.25, 0.3) is 0 Å². The number of rotatable bonds is 5. The highest BCUT2D eigenvalue weighted by molar-refractivity contribution is 5.37. The first-order chi connectivity index (χ1) is 11.8. The van der Waals surface area contributed by atoms with Gasteiger partial charge in [0.1, 0.15) is 0 Å². The van der Waals surface area contributed by atoms with Crippen LogP contribution >= 0.6 is 0 Å². The van der Waals surface area contributed by atoms with Crippen molar-refractivity contribution in [2.45, 2.75) is 76.8 Å². The molecule has 1 N–H and O–H groups in total. The van der Waals surface area contributed by atoms with Crippen molar-refractivity contribution in [1.29, 1.82) is 0 Å². The van der Waals surface area contributed by atoms with Gasteiger partial charge in [-0.25, -0.2) is 0 Å². The Morgan fingerprint density at radius 2 is 2.17 bits per heavy atom. The Hall–Kier alpha value is -0.860. The molecule has 2 heteroatoms. The van der Waals surface area contributed by atoms with Crippen LogP contribution in [-0.4, -0.2) is 30.6 Å². The molecule has 0 aromatic heterocycles. The highest BCUT2D eigenvalue weighted by Gasteiger charge is 2.39. The minimum Gasteiger partial charge on any atom is -0.314 e. The summed E-state index contributed by atoms with van der Waals surface area (Å²) in [6.07, 6.45) is 12.1. The Morgan fingerprint density at radius 1 is 1.21 bits per heavy atom. The van der Waals surface area contributed by atoms with Gasteiger partial charge < -0.3 is 5.32 Å². The Labute approximate surface area is 148 Å². The van der Waals surface area contributed by atoms with Gasteiger partial charge in [-0.2, -0.15) is 0 Å². The zero-order valence-corrected chi connectivity index (χ0v) is 15.4. The smallest absolute Gasteiger partial charge is 0.0366 e. The fourth-order valence-electron chi connectivity index (χ4n) is 5.28. The molecule has 0 aliphatic carbocycles. The van der Waals surface area contributed by atoms with Gasteiger partial charge in [0.15, 0.2) is 0 Å². The van der Waals surface area contributed by atoms with E-state index in [1.165, 1.54) is 77.4 Å². The van der Waals surface area contributed by atoms with Crippen LogP contribution in [0.4, 0.5) is 0 Å². The minimum absolute atomic E-state index is 0.676. The first-order valence-corrected chi connectivity index (χ1v) is 10.4. The summed E-state index contributed by atoms with van der Waals surface area (Å²) < 4.78 is 0. The van der Waals surface area contributed by atoms with E-state index >= 15 is 0 Å². The van der Waals surface area contributed by atoms with Crippen LogP contribution in [0.5, 0.6) is 0 Å². The third-order valence-electron chi connectivity index (χ3n) is 6.67. The van der Waals surface area contributed by atoms with Gasteiger partial charge in [0.05, 0.1) is 0 Å². The topological polar surface area (TPSA) is 15.3 Å². The molecule has 4 rings (SSSR count). The molecule has 0 unspecified atom stereocenters. The second-order valence-electron chi connectivity index (χ2n) is 8.30. The van der Waals surface area contributed by atoms with Crippen LogP contribution in [0, 0.1) is 5.92 Å². The molecule has 3 aliphatic heterocycles. The average molecular weight is 327 g/mol. The van der Waals surface area contributed by atoms with E-state index in [-0.39, 0.29) is 0 Å². The lowest BCUT2D eigenvalue weighted by Gasteiger charge is -2.49. The van der Waals surface area contributed by atoms with E-state index in [0.717, 1.165) is 12.0 Å². The third kappa shape index (κ3) is 3.41. The molecule has 0 saturated carbocycles. The maximum Gasteiger partial charge on any atom is 0.0366 e. The summed E-state index contributed by atoms with van der Waals surface area (Å²) in [5.41, 5.74) is 4.87. The number of fused-ring (bicyclic) bond motifs is 4. The van der Waals surface area contributed by atoms with Gasteiger partial charge in [-0.3, -0.25) is 4.90 Å². The van der Waals surface area contributed by atoms with Gasteiger partial charge in [-0.15, -0.1) is 0 Å². The molecule has 3 atom stereocenters. The Kier molecular flexibility index (Phi) is 5.24. The number of piperidine rings is 2. The summed E-state index contributed by atoms with van der Waals surface area (Å²) in [5, 5.41) is 3.81. The number of aryl methyl sites for hydroxylation is 1. The molecular weight excluding hydrogens is 292 g/mol. The molecule has 2 saturated heterocycles. The van der Waals surface area contributed by atoms with E-state index in [0.29, 0.717) is 6.04 Å². The SMILES string of the molecule is CCCCCCc1ccc2c(c1)CCN1C[C@H]3CCCN[C@H]3C[C@@H]21. The third-order valence-corrected chi connectivity index (χ3v) is 6.67. The zero-order chi connectivity index (χ0) is 16.4. The molecule has 0 radical (unpaired) electrons. The molecule has 3 aliphatic rings. The quantitative estimate of drug-likeness (QED) is 0.803. The monoisotopic (exact) mass is 326 g/mol. The fourth-order valence-corrected chi connectivity index (χ4v) is 5.28. The molecule has 24 heavy (non-hydrogen) atoms. The molecule has 2 nitrogen and oxygen atoms in total. The molecule has 0 spiro atoms. The lowest BCUT2D eigenvalue weighted by Crippen LogP contribution is -2.54. The van der Waals surface area contributed by atoms with Gasteiger partial charge in [-0.1, -0.05) is 44.4 Å². The molecular formula is C22H34N2. The molecule has 0 bridgehead atoms. The Balaban J connectivity index is 1.45. The van der Waals surface area contributed by atoms with E-state index in [2.05, 4.69) is 35.3 Å². The summed E-state index contributed by atoms with van der Waals surface area (Å²) >= 11 is 0. The first-order valence-electron chi connectivity index (χ1n) is 10.4. The molecule has 132 valence electrons. The van der Waals surface area contributed by atoms with Gasteiger partial charge in [0.2, 0.25) is 0 Å². The lowest BCUT2D eigenvalue weighted by atomic mass is 9.77. The Bertz CT molecular complexity index is 553. The summed E-state index contributed by atoms with van der Waals surface area (Å²) in [4.78, 5) is 2.79. The molecule has 1 aromatic rings. The predicted molar refractivity (Wildman–Crippen MR) is 101 cm³/mol.